The van der Waals surface area contributed by atoms with Gasteiger partial charge in [-0.1, -0.05) is 24.3 Å². The van der Waals surface area contributed by atoms with E-state index < -0.39 is 0 Å². The van der Waals surface area contributed by atoms with Gasteiger partial charge in [0.15, 0.2) is 0 Å². The van der Waals surface area contributed by atoms with E-state index in [0.29, 0.717) is 6.61 Å². The molecule has 0 bridgehead atoms. The molecule has 0 saturated carbocycles. The highest BCUT2D eigenvalue weighted by Gasteiger charge is 2.18. The van der Waals surface area contributed by atoms with Gasteiger partial charge in [-0.2, -0.15) is 0 Å². The van der Waals surface area contributed by atoms with Crippen LogP contribution in [-0.4, -0.2) is 25.7 Å². The number of hydrogen-bond acceptors (Lipinski definition) is 4. The van der Waals surface area contributed by atoms with E-state index in [1.54, 1.807) is 0 Å². The summed E-state index contributed by atoms with van der Waals surface area (Å²) in [5.41, 5.74) is 2.59. The number of esters is 1. The molecule has 0 radical (unpaired) electrons. The van der Waals surface area contributed by atoms with Crippen molar-refractivity contribution in [2.24, 2.45) is 0 Å². The highest BCUT2D eigenvalue weighted by atomic mass is 16.5. The zero-order valence-electron chi connectivity index (χ0n) is 10.7. The summed E-state index contributed by atoms with van der Waals surface area (Å²) in [6.45, 7) is 4.38. The first-order chi connectivity index (χ1) is 8.81. The predicted molar refractivity (Wildman–Crippen MR) is 70.1 cm³/mol. The molecule has 4 heteroatoms. The van der Waals surface area contributed by atoms with Crippen LogP contribution in [0.4, 0.5) is 0 Å². The number of carbonyl (C=O) groups excluding carboxylic acids is 1. The first-order valence-electron chi connectivity index (χ1n) is 6.48. The molecule has 18 heavy (non-hydrogen) atoms. The zero-order chi connectivity index (χ0) is 12.8. The summed E-state index contributed by atoms with van der Waals surface area (Å²) in [5.74, 6) is -0.188. The van der Waals surface area contributed by atoms with E-state index in [0.717, 1.165) is 19.5 Å². The Balaban J connectivity index is 2.02. The Morgan fingerprint density at radius 1 is 1.50 bits per heavy atom. The molecule has 0 saturated heterocycles. The van der Waals surface area contributed by atoms with Gasteiger partial charge in [0.25, 0.3) is 0 Å². The Kier molecular flexibility index (Phi) is 4.73. The molecule has 1 atom stereocenters. The number of nitrogens with one attached hydrogen (secondary N) is 2. The van der Waals surface area contributed by atoms with Gasteiger partial charge in [0.05, 0.1) is 13.2 Å². The molecule has 0 aromatic heterocycles. The summed E-state index contributed by atoms with van der Waals surface area (Å²) in [6.07, 6.45) is 0.983. The molecule has 0 spiro atoms. The molecule has 1 aliphatic heterocycles. The number of carbonyl (C=O) groups is 1. The molecule has 1 aliphatic rings. The van der Waals surface area contributed by atoms with Crippen LogP contribution in [0.15, 0.2) is 24.3 Å². The molecule has 0 amide bonds. The van der Waals surface area contributed by atoms with Gasteiger partial charge >= 0.3 is 5.97 Å². The molecule has 1 aromatic carbocycles. The lowest BCUT2D eigenvalue weighted by molar-refractivity contribution is -0.142. The van der Waals surface area contributed by atoms with Crippen molar-refractivity contribution in [2.75, 3.05) is 19.7 Å². The molecule has 2 N–H and O–H groups in total. The van der Waals surface area contributed by atoms with Crippen LogP contribution in [0.1, 0.15) is 30.5 Å². The fraction of sp³-hybridized carbons (Fsp3) is 0.500. The van der Waals surface area contributed by atoms with E-state index in [1.165, 1.54) is 11.1 Å². The van der Waals surface area contributed by atoms with Gasteiger partial charge in [-0.25, -0.2) is 0 Å². The predicted octanol–water partition coefficient (Wildman–Crippen LogP) is 1.37. The van der Waals surface area contributed by atoms with E-state index in [2.05, 4.69) is 22.8 Å². The standard InChI is InChI=1S/C14H20N2O2/c1-2-18-14(17)10-16-13-7-8-15-9-11-5-3-4-6-12(11)13/h3-6,13,15-16H,2,7-10H2,1H3. The smallest absolute Gasteiger partial charge is 0.319 e. The quantitative estimate of drug-likeness (QED) is 0.790. The van der Waals surface area contributed by atoms with Crippen molar-refractivity contribution in [3.8, 4) is 0 Å². The second kappa shape index (κ2) is 6.52. The van der Waals surface area contributed by atoms with E-state index in [4.69, 9.17) is 4.74 Å². The van der Waals surface area contributed by atoms with Gasteiger partial charge in [-0.3, -0.25) is 10.1 Å². The maximum Gasteiger partial charge on any atom is 0.319 e. The summed E-state index contributed by atoms with van der Waals surface area (Å²) < 4.78 is 4.94. The zero-order valence-corrected chi connectivity index (χ0v) is 10.7. The lowest BCUT2D eigenvalue weighted by Gasteiger charge is -2.18. The minimum absolute atomic E-state index is 0.188. The third-order valence-corrected chi connectivity index (χ3v) is 3.15. The van der Waals surface area contributed by atoms with Crippen LogP contribution in [0, 0.1) is 0 Å². The Morgan fingerprint density at radius 2 is 2.33 bits per heavy atom. The molecule has 4 nitrogen and oxygen atoms in total. The number of ether oxygens (including phenoxy) is 1. The fourth-order valence-electron chi connectivity index (χ4n) is 2.29. The Morgan fingerprint density at radius 3 is 3.17 bits per heavy atom. The molecule has 1 unspecified atom stereocenters. The van der Waals surface area contributed by atoms with E-state index >= 15 is 0 Å². The maximum absolute atomic E-state index is 11.4. The summed E-state index contributed by atoms with van der Waals surface area (Å²) in [7, 11) is 0. The van der Waals surface area contributed by atoms with Gasteiger partial charge in [-0.15, -0.1) is 0 Å². The van der Waals surface area contributed by atoms with Crippen LogP contribution in [0.5, 0.6) is 0 Å². The molecule has 1 heterocycles. The first-order valence-corrected chi connectivity index (χ1v) is 6.48. The van der Waals surface area contributed by atoms with Crippen LogP contribution >= 0.6 is 0 Å². The van der Waals surface area contributed by atoms with Crippen molar-refractivity contribution in [3.63, 3.8) is 0 Å². The van der Waals surface area contributed by atoms with Crippen LogP contribution in [0.25, 0.3) is 0 Å². The Hall–Kier alpha value is -1.39. The van der Waals surface area contributed by atoms with Crippen molar-refractivity contribution in [2.45, 2.75) is 25.9 Å². The molecule has 0 fully saturated rings. The van der Waals surface area contributed by atoms with Gasteiger partial charge in [-0.05, 0) is 31.0 Å². The summed E-state index contributed by atoms with van der Waals surface area (Å²) in [4.78, 5) is 11.4. The van der Waals surface area contributed by atoms with Crippen molar-refractivity contribution < 1.29 is 9.53 Å². The highest BCUT2D eigenvalue weighted by Crippen LogP contribution is 2.23. The maximum atomic E-state index is 11.4. The topological polar surface area (TPSA) is 50.4 Å². The first kappa shape index (κ1) is 13.1. The summed E-state index contributed by atoms with van der Waals surface area (Å²) in [6, 6.07) is 8.58. The molecule has 0 aliphatic carbocycles. The average Bonchev–Trinajstić information content (AvgIpc) is 2.59. The van der Waals surface area contributed by atoms with E-state index in [-0.39, 0.29) is 18.6 Å². The van der Waals surface area contributed by atoms with Crippen LogP contribution in [-0.2, 0) is 16.1 Å². The molecule has 98 valence electrons. The number of fused-ring (bicyclic) bond motifs is 1. The van der Waals surface area contributed by atoms with Crippen molar-refractivity contribution in [3.05, 3.63) is 35.4 Å². The van der Waals surface area contributed by atoms with Crippen LogP contribution in [0.3, 0.4) is 0 Å². The van der Waals surface area contributed by atoms with Gasteiger partial charge in [0.1, 0.15) is 0 Å². The number of rotatable bonds is 4. The van der Waals surface area contributed by atoms with E-state index in [9.17, 15) is 4.79 Å². The van der Waals surface area contributed by atoms with E-state index in [1.807, 2.05) is 19.1 Å². The molecule has 1 aromatic rings. The van der Waals surface area contributed by atoms with Gasteiger partial charge in [0, 0.05) is 12.6 Å². The highest BCUT2D eigenvalue weighted by molar-refractivity contribution is 5.71. The lowest BCUT2D eigenvalue weighted by atomic mass is 9.99. The Bertz CT molecular complexity index is 407. The minimum atomic E-state index is -0.188. The normalized spacial score (nSPS) is 18.8. The van der Waals surface area contributed by atoms with Crippen molar-refractivity contribution in [1.29, 1.82) is 0 Å². The van der Waals surface area contributed by atoms with Crippen molar-refractivity contribution >= 4 is 5.97 Å². The largest absolute Gasteiger partial charge is 0.465 e. The van der Waals surface area contributed by atoms with Gasteiger partial charge in [0.2, 0.25) is 0 Å². The number of benzene rings is 1. The third-order valence-electron chi connectivity index (χ3n) is 3.15. The number of hydrogen-bond donors (Lipinski definition) is 2. The van der Waals surface area contributed by atoms with Crippen LogP contribution < -0.4 is 10.6 Å². The third kappa shape index (κ3) is 3.31. The van der Waals surface area contributed by atoms with Crippen molar-refractivity contribution in [1.82, 2.24) is 10.6 Å². The summed E-state index contributed by atoms with van der Waals surface area (Å²) >= 11 is 0. The fourth-order valence-corrected chi connectivity index (χ4v) is 2.29. The molecular formula is C14H20N2O2. The molecular weight excluding hydrogens is 228 g/mol. The average molecular weight is 248 g/mol. The van der Waals surface area contributed by atoms with Crippen LogP contribution in [0.2, 0.25) is 0 Å². The monoisotopic (exact) mass is 248 g/mol. The minimum Gasteiger partial charge on any atom is -0.465 e. The second-order valence-corrected chi connectivity index (χ2v) is 4.40. The second-order valence-electron chi connectivity index (χ2n) is 4.40. The molecule has 2 rings (SSSR count). The SMILES string of the molecule is CCOC(=O)CNC1CCNCc2ccccc21. The summed E-state index contributed by atoms with van der Waals surface area (Å²) in [5, 5.41) is 6.68. The lowest BCUT2D eigenvalue weighted by Crippen LogP contribution is -2.29. The van der Waals surface area contributed by atoms with Gasteiger partial charge < -0.3 is 10.1 Å². The Labute approximate surface area is 108 Å².